The van der Waals surface area contributed by atoms with Gasteiger partial charge in [0, 0.05) is 18.7 Å². The molecule has 0 bridgehead atoms. The van der Waals surface area contributed by atoms with Gasteiger partial charge in [-0.25, -0.2) is 0 Å². The minimum absolute atomic E-state index is 0.0687. The molecule has 19 heavy (non-hydrogen) atoms. The molecule has 4 nitrogen and oxygen atoms in total. The van der Waals surface area contributed by atoms with E-state index in [0.29, 0.717) is 0 Å². The zero-order valence-electron chi connectivity index (χ0n) is 11.2. The molecular formula is C15H20N2O2. The predicted octanol–water partition coefficient (Wildman–Crippen LogP) is 1.71. The molecule has 2 N–H and O–H groups in total. The Morgan fingerprint density at radius 2 is 2.32 bits per heavy atom. The van der Waals surface area contributed by atoms with Crippen LogP contribution < -0.4 is 10.6 Å². The molecule has 102 valence electrons. The average molecular weight is 260 g/mol. The van der Waals surface area contributed by atoms with E-state index in [1.807, 2.05) is 25.1 Å². The fraction of sp³-hybridized carbons (Fsp3) is 0.533. The lowest BCUT2D eigenvalue weighted by atomic mass is 10.1. The highest BCUT2D eigenvalue weighted by molar-refractivity contribution is 5.87. The minimum Gasteiger partial charge on any atom is -0.376 e. The lowest BCUT2D eigenvalue weighted by Gasteiger charge is -2.22. The quantitative estimate of drug-likeness (QED) is 0.870. The van der Waals surface area contributed by atoms with Gasteiger partial charge in [-0.15, -0.1) is 0 Å². The van der Waals surface area contributed by atoms with Crippen molar-refractivity contribution in [1.29, 1.82) is 0 Å². The number of fused-ring (bicyclic) bond motifs is 1. The van der Waals surface area contributed by atoms with Crippen molar-refractivity contribution in [3.8, 4) is 0 Å². The van der Waals surface area contributed by atoms with Gasteiger partial charge in [-0.05, 0) is 31.4 Å². The fourth-order valence-corrected chi connectivity index (χ4v) is 2.87. The van der Waals surface area contributed by atoms with E-state index in [0.717, 1.165) is 31.6 Å². The minimum atomic E-state index is -0.152. The van der Waals surface area contributed by atoms with E-state index in [4.69, 9.17) is 4.74 Å². The molecule has 0 aliphatic carbocycles. The maximum absolute atomic E-state index is 12.3. The number of hydrogen-bond acceptors (Lipinski definition) is 3. The summed E-state index contributed by atoms with van der Waals surface area (Å²) in [5.41, 5.74) is 2.29. The summed E-state index contributed by atoms with van der Waals surface area (Å²) in [6, 6.07) is 8.02. The van der Waals surface area contributed by atoms with E-state index in [1.165, 1.54) is 5.56 Å². The zero-order chi connectivity index (χ0) is 13.2. The molecule has 3 rings (SSSR count). The summed E-state index contributed by atoms with van der Waals surface area (Å²) in [5, 5.41) is 6.35. The van der Waals surface area contributed by atoms with Gasteiger partial charge in [0.05, 0.1) is 12.1 Å². The molecule has 2 aliphatic heterocycles. The number of carbonyl (C=O) groups excluding carboxylic acids is 1. The number of hydrogen-bond donors (Lipinski definition) is 2. The monoisotopic (exact) mass is 260 g/mol. The highest BCUT2D eigenvalue weighted by Crippen LogP contribution is 2.25. The molecule has 3 atom stereocenters. The zero-order valence-corrected chi connectivity index (χ0v) is 11.2. The van der Waals surface area contributed by atoms with Crippen LogP contribution in [-0.2, 0) is 16.0 Å². The Morgan fingerprint density at radius 3 is 3.05 bits per heavy atom. The van der Waals surface area contributed by atoms with Gasteiger partial charge >= 0.3 is 0 Å². The summed E-state index contributed by atoms with van der Waals surface area (Å²) >= 11 is 0. The Balaban J connectivity index is 1.57. The first-order valence-electron chi connectivity index (χ1n) is 7.00. The van der Waals surface area contributed by atoms with Crippen LogP contribution in [0, 0.1) is 0 Å². The largest absolute Gasteiger partial charge is 0.376 e. The number of nitrogens with one attached hydrogen (secondary N) is 2. The topological polar surface area (TPSA) is 50.4 Å². The van der Waals surface area contributed by atoms with Crippen molar-refractivity contribution in [1.82, 2.24) is 5.32 Å². The van der Waals surface area contributed by atoms with Crippen LogP contribution in [0.3, 0.4) is 0 Å². The second-order valence-electron chi connectivity index (χ2n) is 5.41. The molecule has 1 amide bonds. The first-order chi connectivity index (χ1) is 9.24. The van der Waals surface area contributed by atoms with E-state index < -0.39 is 0 Å². The van der Waals surface area contributed by atoms with Gasteiger partial charge in [-0.1, -0.05) is 18.2 Å². The van der Waals surface area contributed by atoms with E-state index in [1.54, 1.807) is 0 Å². The van der Waals surface area contributed by atoms with Crippen molar-refractivity contribution >= 4 is 11.6 Å². The number of para-hydroxylation sites is 1. The van der Waals surface area contributed by atoms with Crippen LogP contribution in [0.2, 0.25) is 0 Å². The molecule has 2 heterocycles. The van der Waals surface area contributed by atoms with E-state index in [2.05, 4.69) is 16.7 Å². The van der Waals surface area contributed by atoms with E-state index in [-0.39, 0.29) is 24.1 Å². The summed E-state index contributed by atoms with van der Waals surface area (Å²) in [6.07, 6.45) is 3.07. The lowest BCUT2D eigenvalue weighted by Crippen LogP contribution is -2.47. The molecule has 4 heteroatoms. The predicted molar refractivity (Wildman–Crippen MR) is 74.1 cm³/mol. The van der Waals surface area contributed by atoms with Crippen LogP contribution in [0.25, 0.3) is 0 Å². The maximum atomic E-state index is 12.3. The van der Waals surface area contributed by atoms with Crippen LogP contribution >= 0.6 is 0 Å². The van der Waals surface area contributed by atoms with Crippen molar-refractivity contribution in [3.05, 3.63) is 29.8 Å². The number of carbonyl (C=O) groups is 1. The van der Waals surface area contributed by atoms with Gasteiger partial charge in [-0.2, -0.15) is 0 Å². The molecule has 0 radical (unpaired) electrons. The maximum Gasteiger partial charge on any atom is 0.243 e. The normalized spacial score (nSPS) is 26.6. The number of rotatable bonds is 3. The fourth-order valence-electron chi connectivity index (χ4n) is 2.87. The summed E-state index contributed by atoms with van der Waals surface area (Å²) in [7, 11) is 0. The van der Waals surface area contributed by atoms with Crippen molar-refractivity contribution < 1.29 is 9.53 Å². The second-order valence-corrected chi connectivity index (χ2v) is 5.41. The van der Waals surface area contributed by atoms with Gasteiger partial charge in [0.2, 0.25) is 5.91 Å². The lowest BCUT2D eigenvalue weighted by molar-refractivity contribution is -0.123. The van der Waals surface area contributed by atoms with Crippen LogP contribution in [-0.4, -0.2) is 30.7 Å². The molecular weight excluding hydrogens is 240 g/mol. The SMILES string of the molecule is CC(NC(=O)C1Cc2ccccc2N1)C1CCCO1. The molecule has 1 aromatic carbocycles. The van der Waals surface area contributed by atoms with Gasteiger partial charge < -0.3 is 15.4 Å². The van der Waals surface area contributed by atoms with Gasteiger partial charge in [-0.3, -0.25) is 4.79 Å². The molecule has 1 saturated heterocycles. The van der Waals surface area contributed by atoms with Crippen molar-refractivity contribution in [2.45, 2.75) is 44.4 Å². The van der Waals surface area contributed by atoms with Gasteiger partial charge in [0.15, 0.2) is 0 Å². The average Bonchev–Trinajstić information content (AvgIpc) is 3.07. The van der Waals surface area contributed by atoms with E-state index in [9.17, 15) is 4.79 Å². The van der Waals surface area contributed by atoms with Crippen LogP contribution in [0.1, 0.15) is 25.3 Å². The number of ether oxygens (including phenoxy) is 1. The Labute approximate surface area is 113 Å². The van der Waals surface area contributed by atoms with E-state index >= 15 is 0 Å². The van der Waals surface area contributed by atoms with Crippen molar-refractivity contribution in [2.24, 2.45) is 0 Å². The second kappa shape index (κ2) is 5.21. The molecule has 0 saturated carbocycles. The third-order valence-corrected chi connectivity index (χ3v) is 3.98. The molecule has 2 aliphatic rings. The number of anilines is 1. The molecule has 1 fully saturated rings. The first kappa shape index (κ1) is 12.5. The van der Waals surface area contributed by atoms with Crippen LogP contribution in [0.4, 0.5) is 5.69 Å². The van der Waals surface area contributed by atoms with Gasteiger partial charge in [0.1, 0.15) is 6.04 Å². The Bertz CT molecular complexity index is 444. The highest BCUT2D eigenvalue weighted by Gasteiger charge is 2.29. The number of benzene rings is 1. The molecule has 1 aromatic rings. The third-order valence-electron chi connectivity index (χ3n) is 3.98. The first-order valence-corrected chi connectivity index (χ1v) is 7.00. The Morgan fingerprint density at radius 1 is 1.47 bits per heavy atom. The van der Waals surface area contributed by atoms with Crippen molar-refractivity contribution in [2.75, 3.05) is 11.9 Å². The number of amides is 1. The van der Waals surface area contributed by atoms with Crippen LogP contribution in [0.5, 0.6) is 0 Å². The molecule has 0 aromatic heterocycles. The standard InChI is InChI=1S/C15H20N2O2/c1-10(14-7-4-8-19-14)16-15(18)13-9-11-5-2-3-6-12(11)17-13/h2-3,5-6,10,13-14,17H,4,7-9H2,1H3,(H,16,18). The molecule has 0 spiro atoms. The highest BCUT2D eigenvalue weighted by atomic mass is 16.5. The molecule has 3 unspecified atom stereocenters. The Hall–Kier alpha value is -1.55. The summed E-state index contributed by atoms with van der Waals surface area (Å²) in [4.78, 5) is 12.3. The van der Waals surface area contributed by atoms with Gasteiger partial charge in [0.25, 0.3) is 0 Å². The Kier molecular flexibility index (Phi) is 3.42. The summed E-state index contributed by atoms with van der Waals surface area (Å²) in [6.45, 7) is 2.84. The third kappa shape index (κ3) is 2.59. The summed E-state index contributed by atoms with van der Waals surface area (Å²) < 4.78 is 5.60. The smallest absolute Gasteiger partial charge is 0.243 e. The van der Waals surface area contributed by atoms with Crippen LogP contribution in [0.15, 0.2) is 24.3 Å². The van der Waals surface area contributed by atoms with Crippen molar-refractivity contribution in [3.63, 3.8) is 0 Å². The summed E-state index contributed by atoms with van der Waals surface area (Å²) in [5.74, 6) is 0.0687.